The van der Waals surface area contributed by atoms with E-state index in [1.807, 2.05) is 25.1 Å². The van der Waals surface area contributed by atoms with E-state index in [1.165, 1.54) is 0 Å². The number of aryl methyl sites for hydroxylation is 1. The number of hydrogen-bond acceptors (Lipinski definition) is 4. The Morgan fingerprint density at radius 1 is 1.00 bits per heavy atom. The molecule has 2 heterocycles. The van der Waals surface area contributed by atoms with E-state index in [9.17, 15) is 4.79 Å². The Bertz CT molecular complexity index is 1000. The summed E-state index contributed by atoms with van der Waals surface area (Å²) in [5.74, 6) is 0. The van der Waals surface area contributed by atoms with Crippen molar-refractivity contribution in [2.24, 2.45) is 0 Å². The first-order chi connectivity index (χ1) is 12.5. The van der Waals surface area contributed by atoms with Crippen LogP contribution in [0.5, 0.6) is 0 Å². The average Bonchev–Trinajstić information content (AvgIpc) is 2.63. The second-order valence-electron chi connectivity index (χ2n) is 6.87. The van der Waals surface area contributed by atoms with Gasteiger partial charge in [0.1, 0.15) is 5.58 Å². The summed E-state index contributed by atoms with van der Waals surface area (Å²) in [5, 5.41) is 1.61. The van der Waals surface area contributed by atoms with Gasteiger partial charge in [0.2, 0.25) is 0 Å². The van der Waals surface area contributed by atoms with Crippen molar-refractivity contribution in [2.45, 2.75) is 6.92 Å². The number of piperazine rings is 1. The molecule has 1 aliphatic rings. The summed E-state index contributed by atoms with van der Waals surface area (Å²) >= 11 is 5.96. The van der Waals surface area contributed by atoms with Crippen molar-refractivity contribution < 1.29 is 4.42 Å². The third-order valence-electron chi connectivity index (χ3n) is 5.15. The molecule has 0 radical (unpaired) electrons. The van der Waals surface area contributed by atoms with E-state index in [0.29, 0.717) is 16.2 Å². The van der Waals surface area contributed by atoms with Crippen LogP contribution in [-0.2, 0) is 0 Å². The van der Waals surface area contributed by atoms with Gasteiger partial charge in [-0.3, -0.25) is 0 Å². The zero-order chi connectivity index (χ0) is 18.3. The number of halogens is 1. The number of fused-ring (bicyclic) bond motifs is 1. The first-order valence-electron chi connectivity index (χ1n) is 8.80. The average molecular weight is 369 g/mol. The molecular formula is C21H21ClN2O2. The van der Waals surface area contributed by atoms with Gasteiger partial charge in [0, 0.05) is 48.3 Å². The molecule has 0 unspecified atom stereocenters. The lowest BCUT2D eigenvalue weighted by Crippen LogP contribution is -2.44. The van der Waals surface area contributed by atoms with Crippen LogP contribution < -0.4 is 10.5 Å². The summed E-state index contributed by atoms with van der Waals surface area (Å²) in [4.78, 5) is 17.3. The van der Waals surface area contributed by atoms with Crippen molar-refractivity contribution in [1.82, 2.24) is 4.90 Å². The Morgan fingerprint density at radius 3 is 2.38 bits per heavy atom. The highest BCUT2D eigenvalue weighted by Crippen LogP contribution is 2.30. The lowest BCUT2D eigenvalue weighted by Gasteiger charge is -2.34. The van der Waals surface area contributed by atoms with Crippen LogP contribution in [0.4, 0.5) is 5.69 Å². The van der Waals surface area contributed by atoms with Crippen molar-refractivity contribution in [3.63, 3.8) is 0 Å². The minimum Gasteiger partial charge on any atom is -0.422 e. The lowest BCUT2D eigenvalue weighted by molar-refractivity contribution is 0.313. The van der Waals surface area contributed by atoms with Crippen LogP contribution in [0, 0.1) is 6.92 Å². The third-order valence-corrected chi connectivity index (χ3v) is 5.40. The third kappa shape index (κ3) is 3.11. The summed E-state index contributed by atoms with van der Waals surface area (Å²) < 4.78 is 5.69. The van der Waals surface area contributed by atoms with Gasteiger partial charge >= 0.3 is 5.63 Å². The number of benzene rings is 2. The van der Waals surface area contributed by atoms with E-state index < -0.39 is 0 Å². The van der Waals surface area contributed by atoms with E-state index in [2.05, 4.69) is 29.0 Å². The Balaban J connectivity index is 1.78. The molecule has 3 aromatic rings. The molecule has 5 heteroatoms. The molecule has 0 atom stereocenters. The summed E-state index contributed by atoms with van der Waals surface area (Å²) in [7, 11) is 2.14. The van der Waals surface area contributed by atoms with Gasteiger partial charge in [-0.05, 0) is 49.4 Å². The highest BCUT2D eigenvalue weighted by molar-refractivity contribution is 6.30. The topological polar surface area (TPSA) is 36.7 Å². The van der Waals surface area contributed by atoms with Crippen molar-refractivity contribution in [1.29, 1.82) is 0 Å². The van der Waals surface area contributed by atoms with Crippen LogP contribution in [-0.4, -0.2) is 38.1 Å². The van der Waals surface area contributed by atoms with Crippen LogP contribution in [0.15, 0.2) is 51.7 Å². The molecule has 1 fully saturated rings. The number of anilines is 1. The molecule has 4 nitrogen and oxygen atoms in total. The Kier molecular flexibility index (Phi) is 4.47. The van der Waals surface area contributed by atoms with Crippen LogP contribution in [0.3, 0.4) is 0 Å². The second-order valence-corrected chi connectivity index (χ2v) is 7.30. The Morgan fingerprint density at radius 2 is 1.69 bits per heavy atom. The maximum atomic E-state index is 12.7. The summed E-state index contributed by atoms with van der Waals surface area (Å²) in [6.07, 6.45) is 0. The van der Waals surface area contributed by atoms with Crippen LogP contribution in [0.2, 0.25) is 5.02 Å². The molecule has 1 aliphatic heterocycles. The number of hydrogen-bond donors (Lipinski definition) is 0. The van der Waals surface area contributed by atoms with E-state index >= 15 is 0 Å². The first kappa shape index (κ1) is 17.1. The summed E-state index contributed by atoms with van der Waals surface area (Å²) in [6, 6.07) is 13.4. The largest absolute Gasteiger partial charge is 0.422 e. The van der Waals surface area contributed by atoms with Gasteiger partial charge in [0.15, 0.2) is 0 Å². The highest BCUT2D eigenvalue weighted by Gasteiger charge is 2.17. The van der Waals surface area contributed by atoms with Crippen LogP contribution in [0.25, 0.3) is 22.1 Å². The molecular weight excluding hydrogens is 348 g/mol. The predicted molar refractivity (Wildman–Crippen MR) is 107 cm³/mol. The van der Waals surface area contributed by atoms with E-state index in [1.54, 1.807) is 12.1 Å². The first-order valence-corrected chi connectivity index (χ1v) is 9.17. The normalized spacial score (nSPS) is 15.6. The van der Waals surface area contributed by atoms with E-state index in [0.717, 1.165) is 48.4 Å². The van der Waals surface area contributed by atoms with Crippen LogP contribution in [0.1, 0.15) is 5.56 Å². The molecule has 26 heavy (non-hydrogen) atoms. The molecule has 1 saturated heterocycles. The zero-order valence-corrected chi connectivity index (χ0v) is 15.7. The van der Waals surface area contributed by atoms with Crippen LogP contribution >= 0.6 is 11.6 Å². The van der Waals surface area contributed by atoms with Crippen molar-refractivity contribution in [3.05, 3.63) is 63.5 Å². The molecule has 0 bridgehead atoms. The maximum Gasteiger partial charge on any atom is 0.344 e. The van der Waals surface area contributed by atoms with Crippen molar-refractivity contribution in [2.75, 3.05) is 38.1 Å². The summed E-state index contributed by atoms with van der Waals surface area (Å²) in [5.41, 5.74) is 3.79. The van der Waals surface area contributed by atoms with Crippen molar-refractivity contribution >= 4 is 28.3 Å². The van der Waals surface area contributed by atoms with Gasteiger partial charge < -0.3 is 14.2 Å². The van der Waals surface area contributed by atoms with Gasteiger partial charge in [-0.2, -0.15) is 0 Å². The zero-order valence-electron chi connectivity index (χ0n) is 15.0. The quantitative estimate of drug-likeness (QED) is 0.636. The number of nitrogens with zero attached hydrogens (tertiary/aromatic N) is 2. The molecule has 0 N–H and O–H groups in total. The molecule has 0 aliphatic carbocycles. The van der Waals surface area contributed by atoms with E-state index in [4.69, 9.17) is 16.0 Å². The van der Waals surface area contributed by atoms with Gasteiger partial charge in [-0.15, -0.1) is 0 Å². The molecule has 134 valence electrons. The van der Waals surface area contributed by atoms with Gasteiger partial charge in [0.25, 0.3) is 0 Å². The fourth-order valence-corrected chi connectivity index (χ4v) is 3.68. The second kappa shape index (κ2) is 6.78. The molecule has 4 rings (SSSR count). The van der Waals surface area contributed by atoms with E-state index in [-0.39, 0.29) is 5.63 Å². The van der Waals surface area contributed by atoms with Gasteiger partial charge in [-0.25, -0.2) is 4.79 Å². The monoisotopic (exact) mass is 368 g/mol. The minimum absolute atomic E-state index is 0.312. The number of rotatable bonds is 2. The lowest BCUT2D eigenvalue weighted by atomic mass is 9.99. The number of likely N-dealkylation sites (N-methyl/N-ethyl adjacent to an activating group) is 1. The predicted octanol–water partition coefficient (Wildman–Crippen LogP) is 4.17. The molecule has 0 spiro atoms. The standard InChI is InChI=1S/C21H21ClN2O2/c1-14-18-8-7-17(24-11-9-23(2)10-12-24)13-19(18)26-21(25)20(14)15-3-5-16(22)6-4-15/h3-8,13H,9-12H2,1-2H3. The van der Waals surface area contributed by atoms with Crippen molar-refractivity contribution in [3.8, 4) is 11.1 Å². The fourth-order valence-electron chi connectivity index (χ4n) is 3.56. The van der Waals surface area contributed by atoms with Gasteiger partial charge in [-0.1, -0.05) is 23.7 Å². The fraction of sp³-hybridized carbons (Fsp3) is 0.286. The minimum atomic E-state index is -0.312. The Labute approximate surface area is 157 Å². The highest BCUT2D eigenvalue weighted by atomic mass is 35.5. The molecule has 0 amide bonds. The SMILES string of the molecule is Cc1c(-c2ccc(Cl)cc2)c(=O)oc2cc(N3CCN(C)CC3)ccc12. The molecule has 2 aromatic carbocycles. The Hall–Kier alpha value is -2.30. The maximum absolute atomic E-state index is 12.7. The molecule has 0 saturated carbocycles. The molecule has 1 aromatic heterocycles. The van der Waals surface area contributed by atoms with Gasteiger partial charge in [0.05, 0.1) is 5.56 Å². The summed E-state index contributed by atoms with van der Waals surface area (Å²) in [6.45, 7) is 6.01. The smallest absolute Gasteiger partial charge is 0.344 e.